The molecule has 7 N–H and O–H groups in total. The summed E-state index contributed by atoms with van der Waals surface area (Å²) in [6.07, 6.45) is -0.626. The number of carboxylic acid groups (broad SMARTS) is 1. The van der Waals surface area contributed by atoms with Gasteiger partial charge in [0.05, 0.1) is 24.8 Å². The number of amides is 6. The van der Waals surface area contributed by atoms with Crippen LogP contribution in [0.4, 0.5) is 0 Å². The Morgan fingerprint density at radius 1 is 0.680 bits per heavy atom. The molecule has 2 atom stereocenters. The summed E-state index contributed by atoms with van der Waals surface area (Å²) in [4.78, 5) is 85.8. The third-order valence-electron chi connectivity index (χ3n) is 6.82. The summed E-state index contributed by atoms with van der Waals surface area (Å²) < 4.78 is 0. The summed E-state index contributed by atoms with van der Waals surface area (Å²) in [6.45, 7) is 8.57. The van der Waals surface area contributed by atoms with Gasteiger partial charge in [-0.15, -0.1) is 0 Å². The SMILES string of the molecule is [CH2-]C(=O)NCCN(CCNC([CH2-])=O)CC(=O)NCCNC(=O)[C@H](CC(=O)O)NC(=O)[C@H](Cc1ccc(-c2ccccc2)cc1)NC(C)=O.[Gd].[Gd]. The number of carbonyl (C=O) groups is 7. The van der Waals surface area contributed by atoms with Crippen LogP contribution in [0.3, 0.4) is 0 Å². The van der Waals surface area contributed by atoms with Crippen molar-refractivity contribution >= 4 is 41.4 Å². The molecule has 0 fully saturated rings. The Hall–Kier alpha value is -2.92. The quantitative estimate of drug-likeness (QED) is 0.0626. The maximum atomic E-state index is 13.2. The summed E-state index contributed by atoms with van der Waals surface area (Å²) >= 11 is 0. The van der Waals surface area contributed by atoms with Gasteiger partial charge in [0.1, 0.15) is 12.1 Å². The van der Waals surface area contributed by atoms with E-state index in [-0.39, 0.29) is 119 Å². The van der Waals surface area contributed by atoms with E-state index in [9.17, 15) is 38.7 Å². The molecule has 276 valence electrons. The van der Waals surface area contributed by atoms with Gasteiger partial charge in [0.15, 0.2) is 0 Å². The maximum absolute atomic E-state index is 13.2. The molecule has 0 unspecified atom stereocenters. The zero-order valence-electron chi connectivity index (χ0n) is 27.6. The maximum Gasteiger partial charge on any atom is 0.305 e. The molecular formula is C33H43Gd2N7O8-2. The zero-order valence-corrected chi connectivity index (χ0v) is 32.1. The number of carboxylic acids is 1. The van der Waals surface area contributed by atoms with Crippen LogP contribution in [0.1, 0.15) is 18.9 Å². The van der Waals surface area contributed by atoms with E-state index in [0.717, 1.165) is 16.7 Å². The Morgan fingerprint density at radius 3 is 1.74 bits per heavy atom. The predicted molar refractivity (Wildman–Crippen MR) is 177 cm³/mol. The van der Waals surface area contributed by atoms with E-state index in [4.69, 9.17) is 0 Å². The fourth-order valence-electron chi connectivity index (χ4n) is 4.56. The first-order valence-electron chi connectivity index (χ1n) is 15.2. The number of aliphatic carboxylic acids is 1. The van der Waals surface area contributed by atoms with Crippen molar-refractivity contribution in [2.24, 2.45) is 0 Å². The van der Waals surface area contributed by atoms with Crippen LogP contribution in [-0.2, 0) is 40.0 Å². The van der Waals surface area contributed by atoms with Gasteiger partial charge in [0.2, 0.25) is 23.6 Å². The van der Waals surface area contributed by atoms with Gasteiger partial charge in [-0.25, -0.2) is 0 Å². The van der Waals surface area contributed by atoms with Gasteiger partial charge < -0.3 is 60.4 Å². The standard InChI is InChI=1S/C33H43N7O8.2Gd/c1-22(41)34-15-17-40(18-16-35-23(2)42)21-30(44)36-13-14-37-32(47)29(20-31(45)46)39-33(48)28(38-24(3)43)19-25-9-11-27(12-10-25)26-7-5-4-6-8-26;;/h4-12,28-29H,1-2,13-21H2,3H3,(H,34,41)(H,35,42)(H,36,44)(H,37,47)(H,38,43)(H,39,48)(H,45,46);;/q-2;;/t28-,29-;;/m0../s1. The first-order chi connectivity index (χ1) is 22.8. The van der Waals surface area contributed by atoms with Crippen LogP contribution in [0, 0.1) is 93.7 Å². The number of carbonyl (C=O) groups excluding carboxylic acids is 6. The normalized spacial score (nSPS) is 11.3. The monoisotopic (exact) mass is 981 g/mol. The number of hydrogen-bond donors (Lipinski definition) is 7. The predicted octanol–water partition coefficient (Wildman–Crippen LogP) is -1.20. The van der Waals surface area contributed by atoms with E-state index in [2.05, 4.69) is 45.7 Å². The molecule has 2 aromatic rings. The van der Waals surface area contributed by atoms with Gasteiger partial charge in [-0.1, -0.05) is 54.6 Å². The third-order valence-corrected chi connectivity index (χ3v) is 6.82. The number of benzene rings is 2. The van der Waals surface area contributed by atoms with Crippen molar-refractivity contribution < 1.29 is 119 Å². The van der Waals surface area contributed by atoms with Crippen LogP contribution in [-0.4, -0.2) is 109 Å². The summed E-state index contributed by atoms with van der Waals surface area (Å²) in [5.74, 6) is -4.70. The molecule has 2 aromatic carbocycles. The Bertz CT molecular complexity index is 1390. The second kappa shape index (κ2) is 25.9. The average Bonchev–Trinajstić information content (AvgIpc) is 3.02. The second-order valence-electron chi connectivity index (χ2n) is 10.8. The second-order valence-corrected chi connectivity index (χ2v) is 10.8. The Labute approximate surface area is 356 Å². The minimum absolute atomic E-state index is 0. The van der Waals surface area contributed by atoms with Gasteiger partial charge in [-0.3, -0.25) is 28.9 Å². The molecule has 15 nitrogen and oxygen atoms in total. The van der Waals surface area contributed by atoms with E-state index in [1.165, 1.54) is 6.92 Å². The van der Waals surface area contributed by atoms with Gasteiger partial charge in [-0.2, -0.15) is 0 Å². The number of nitrogens with one attached hydrogen (secondary N) is 6. The van der Waals surface area contributed by atoms with E-state index in [1.807, 2.05) is 54.6 Å². The van der Waals surface area contributed by atoms with Gasteiger partial charge >= 0.3 is 5.97 Å². The van der Waals surface area contributed by atoms with Crippen molar-refractivity contribution in [1.29, 1.82) is 0 Å². The average molecular weight is 980 g/mol. The topological polar surface area (TPSA) is 215 Å². The van der Waals surface area contributed by atoms with Gasteiger partial charge in [-0.05, 0) is 16.7 Å². The Kier molecular flexibility index (Phi) is 24.4. The molecule has 6 amide bonds. The van der Waals surface area contributed by atoms with E-state index in [0.29, 0.717) is 13.1 Å². The summed E-state index contributed by atoms with van der Waals surface area (Å²) in [5.41, 5.74) is 2.71. The molecule has 50 heavy (non-hydrogen) atoms. The van der Waals surface area contributed by atoms with E-state index >= 15 is 0 Å². The van der Waals surface area contributed by atoms with Crippen LogP contribution in [0.15, 0.2) is 54.6 Å². The summed E-state index contributed by atoms with van der Waals surface area (Å²) in [7, 11) is 0. The van der Waals surface area contributed by atoms with Crippen LogP contribution < -0.4 is 31.9 Å². The molecule has 2 rings (SSSR count). The number of rotatable bonds is 20. The van der Waals surface area contributed by atoms with Crippen molar-refractivity contribution in [1.82, 2.24) is 36.8 Å². The van der Waals surface area contributed by atoms with Crippen LogP contribution in [0.25, 0.3) is 11.1 Å². The largest absolute Gasteiger partial charge is 0.481 e. The van der Waals surface area contributed by atoms with Crippen LogP contribution in [0.5, 0.6) is 0 Å². The van der Waals surface area contributed by atoms with Gasteiger partial charge in [0, 0.05) is 132 Å². The first-order valence-corrected chi connectivity index (χ1v) is 15.2. The fraction of sp³-hybridized carbons (Fsp3) is 0.364. The Morgan fingerprint density at radius 2 is 1.22 bits per heavy atom. The van der Waals surface area contributed by atoms with Crippen LogP contribution in [0.2, 0.25) is 0 Å². The minimum atomic E-state index is -1.45. The molecule has 0 saturated heterocycles. The van der Waals surface area contributed by atoms with E-state index in [1.54, 1.807) is 4.90 Å². The molecule has 0 saturated carbocycles. The van der Waals surface area contributed by atoms with Crippen molar-refractivity contribution in [2.45, 2.75) is 31.8 Å². The third kappa shape index (κ3) is 20.1. The molecule has 0 bridgehead atoms. The molecule has 0 aromatic heterocycles. The summed E-state index contributed by atoms with van der Waals surface area (Å²) in [6, 6.07) is 14.6. The number of nitrogens with zero attached hydrogens (tertiary/aromatic N) is 1. The molecule has 0 radical (unpaired) electrons. The smallest absolute Gasteiger partial charge is 0.305 e. The van der Waals surface area contributed by atoms with Crippen molar-refractivity contribution in [3.05, 3.63) is 74.0 Å². The fourth-order valence-corrected chi connectivity index (χ4v) is 4.56. The molecular weight excluding hydrogens is 937 g/mol. The molecule has 0 aliphatic rings. The minimum Gasteiger partial charge on any atom is -0.481 e. The van der Waals surface area contributed by atoms with Crippen LogP contribution >= 0.6 is 0 Å². The molecule has 0 aliphatic carbocycles. The Balaban J connectivity index is 0.0000120. The van der Waals surface area contributed by atoms with Gasteiger partial charge in [0.25, 0.3) is 0 Å². The van der Waals surface area contributed by atoms with Crippen molar-refractivity contribution in [3.8, 4) is 11.1 Å². The molecule has 17 heteroatoms. The number of hydrogen-bond acceptors (Lipinski definition) is 8. The molecule has 0 heterocycles. The summed E-state index contributed by atoms with van der Waals surface area (Å²) in [5, 5.41) is 24.5. The zero-order chi connectivity index (χ0) is 35.5. The van der Waals surface area contributed by atoms with Crippen molar-refractivity contribution in [3.63, 3.8) is 0 Å². The van der Waals surface area contributed by atoms with Crippen molar-refractivity contribution in [2.75, 3.05) is 45.8 Å². The molecule has 0 spiro atoms. The first kappa shape index (κ1) is 47.1. The molecule has 0 aliphatic heterocycles. The van der Waals surface area contributed by atoms with E-state index < -0.39 is 59.9 Å².